The average molecular weight is 417 g/mol. The molecular formula is C17H13BrN4S2. The minimum absolute atomic E-state index is 0.370. The van der Waals surface area contributed by atoms with E-state index in [0.717, 1.165) is 27.1 Å². The molecule has 0 radical (unpaired) electrons. The zero-order valence-electron chi connectivity index (χ0n) is 12.7. The van der Waals surface area contributed by atoms with Gasteiger partial charge in [-0.05, 0) is 31.2 Å². The van der Waals surface area contributed by atoms with Crippen molar-refractivity contribution in [3.05, 3.63) is 64.8 Å². The molecule has 7 heteroatoms. The maximum absolute atomic E-state index is 5.15. The summed E-state index contributed by atoms with van der Waals surface area (Å²) in [5.41, 5.74) is 3.92. The van der Waals surface area contributed by atoms with Gasteiger partial charge in [-0.15, -0.1) is 17.7 Å². The second kappa shape index (κ2) is 7.38. The highest BCUT2D eigenvalue weighted by molar-refractivity contribution is 9.10. The molecule has 0 atom stereocenters. The van der Waals surface area contributed by atoms with Gasteiger partial charge in [-0.2, -0.15) is 10.2 Å². The van der Waals surface area contributed by atoms with Gasteiger partial charge in [0, 0.05) is 10.0 Å². The SMILES string of the molecule is Cc1c(N=Nc2ccc(Br)cc2)c(-c2ccccc2)nn1C(=S)S. The van der Waals surface area contributed by atoms with Crippen molar-refractivity contribution >= 4 is 56.5 Å². The van der Waals surface area contributed by atoms with Crippen molar-refractivity contribution in [2.24, 2.45) is 10.2 Å². The van der Waals surface area contributed by atoms with E-state index in [0.29, 0.717) is 10.0 Å². The molecule has 24 heavy (non-hydrogen) atoms. The van der Waals surface area contributed by atoms with Gasteiger partial charge < -0.3 is 0 Å². The molecule has 3 aromatic rings. The number of thiocarbonyl (C=S) groups is 1. The quantitative estimate of drug-likeness (QED) is 0.318. The Morgan fingerprint density at radius 3 is 2.38 bits per heavy atom. The van der Waals surface area contributed by atoms with E-state index in [4.69, 9.17) is 12.2 Å². The first kappa shape index (κ1) is 17.0. The maximum Gasteiger partial charge on any atom is 0.158 e. The lowest BCUT2D eigenvalue weighted by atomic mass is 10.1. The van der Waals surface area contributed by atoms with Crippen molar-refractivity contribution in [2.45, 2.75) is 6.92 Å². The summed E-state index contributed by atoms with van der Waals surface area (Å²) in [6.07, 6.45) is 0. The summed E-state index contributed by atoms with van der Waals surface area (Å²) in [5, 5.41) is 13.3. The summed E-state index contributed by atoms with van der Waals surface area (Å²) < 4.78 is 2.96. The fourth-order valence-corrected chi connectivity index (χ4v) is 2.84. The summed E-state index contributed by atoms with van der Waals surface area (Å²) in [7, 11) is 0. The van der Waals surface area contributed by atoms with E-state index in [1.54, 1.807) is 4.68 Å². The second-order valence-electron chi connectivity index (χ2n) is 5.02. The molecular weight excluding hydrogens is 404 g/mol. The van der Waals surface area contributed by atoms with E-state index >= 15 is 0 Å². The van der Waals surface area contributed by atoms with Crippen molar-refractivity contribution in [1.29, 1.82) is 0 Å². The molecule has 3 rings (SSSR count). The Labute approximate surface area is 159 Å². The zero-order chi connectivity index (χ0) is 17.1. The van der Waals surface area contributed by atoms with Gasteiger partial charge in [0.25, 0.3) is 0 Å². The lowest BCUT2D eigenvalue weighted by molar-refractivity contribution is 0.928. The molecule has 0 saturated heterocycles. The number of rotatable bonds is 3. The molecule has 1 aromatic heterocycles. The lowest BCUT2D eigenvalue weighted by Crippen LogP contribution is -2.05. The predicted octanol–water partition coefficient (Wildman–Crippen LogP) is 6.10. The minimum atomic E-state index is 0.370. The van der Waals surface area contributed by atoms with Gasteiger partial charge in [0.1, 0.15) is 11.4 Å². The number of hydrogen-bond acceptors (Lipinski definition) is 4. The van der Waals surface area contributed by atoms with Crippen LogP contribution in [0.2, 0.25) is 0 Å². The summed E-state index contributed by atoms with van der Waals surface area (Å²) in [6, 6.07) is 17.4. The number of thiol groups is 1. The van der Waals surface area contributed by atoms with Crippen LogP contribution in [0.3, 0.4) is 0 Å². The summed E-state index contributed by atoms with van der Waals surface area (Å²) in [4.78, 5) is 0. The zero-order valence-corrected chi connectivity index (χ0v) is 16.0. The monoisotopic (exact) mass is 416 g/mol. The van der Waals surface area contributed by atoms with Gasteiger partial charge in [0.2, 0.25) is 0 Å². The van der Waals surface area contributed by atoms with Gasteiger partial charge in [0.05, 0.1) is 11.4 Å². The number of halogens is 1. The first-order valence-electron chi connectivity index (χ1n) is 7.12. The molecule has 0 N–H and O–H groups in total. The van der Waals surface area contributed by atoms with Crippen LogP contribution in [0.15, 0.2) is 69.3 Å². The molecule has 1 heterocycles. The second-order valence-corrected chi connectivity index (χ2v) is 7.05. The molecule has 0 fully saturated rings. The molecule has 0 aliphatic rings. The van der Waals surface area contributed by atoms with Crippen molar-refractivity contribution < 1.29 is 0 Å². The number of aromatic nitrogens is 2. The molecule has 0 bridgehead atoms. The highest BCUT2D eigenvalue weighted by Crippen LogP contribution is 2.34. The number of benzene rings is 2. The van der Waals surface area contributed by atoms with Crippen LogP contribution in [0.25, 0.3) is 11.3 Å². The highest BCUT2D eigenvalue weighted by Gasteiger charge is 2.17. The standard InChI is InChI=1S/C17H13BrN4S2/c1-11-15(20-19-14-9-7-13(18)8-10-14)16(21-22(11)17(23)24)12-5-3-2-4-6-12/h2-10H,1H3,(H,23,24). The number of nitrogens with zero attached hydrogens (tertiary/aromatic N) is 4. The molecule has 0 aliphatic carbocycles. The Morgan fingerprint density at radius 2 is 1.75 bits per heavy atom. The molecule has 4 nitrogen and oxygen atoms in total. The third-order valence-electron chi connectivity index (χ3n) is 3.41. The van der Waals surface area contributed by atoms with Gasteiger partial charge in [-0.25, -0.2) is 4.68 Å². The third kappa shape index (κ3) is 3.63. The molecule has 0 aliphatic heterocycles. The summed E-state index contributed by atoms with van der Waals surface area (Å²) in [6.45, 7) is 1.90. The number of azo groups is 1. The summed E-state index contributed by atoms with van der Waals surface area (Å²) in [5.74, 6) is 0. The van der Waals surface area contributed by atoms with Gasteiger partial charge >= 0.3 is 0 Å². The Bertz CT molecular complexity index is 902. The van der Waals surface area contributed by atoms with Crippen LogP contribution in [-0.2, 0) is 0 Å². The summed E-state index contributed by atoms with van der Waals surface area (Å²) >= 11 is 12.8. The van der Waals surface area contributed by atoms with Crippen molar-refractivity contribution in [3.8, 4) is 11.3 Å². The first-order chi connectivity index (χ1) is 11.6. The van der Waals surface area contributed by atoms with Crippen LogP contribution in [-0.4, -0.2) is 14.1 Å². The van der Waals surface area contributed by atoms with Crippen LogP contribution in [0.4, 0.5) is 11.4 Å². The van der Waals surface area contributed by atoms with Crippen LogP contribution in [0, 0.1) is 6.92 Å². The van der Waals surface area contributed by atoms with Crippen LogP contribution in [0.1, 0.15) is 5.69 Å². The van der Waals surface area contributed by atoms with Crippen LogP contribution >= 0.6 is 40.8 Å². The predicted molar refractivity (Wildman–Crippen MR) is 108 cm³/mol. The lowest BCUT2D eigenvalue weighted by Gasteiger charge is -1.98. The van der Waals surface area contributed by atoms with Crippen molar-refractivity contribution in [3.63, 3.8) is 0 Å². The van der Waals surface area contributed by atoms with Crippen LogP contribution in [0.5, 0.6) is 0 Å². The maximum atomic E-state index is 5.15. The highest BCUT2D eigenvalue weighted by atomic mass is 79.9. The Balaban J connectivity index is 2.08. The first-order valence-corrected chi connectivity index (χ1v) is 8.77. The van der Waals surface area contributed by atoms with E-state index in [1.165, 1.54) is 0 Å². The fraction of sp³-hybridized carbons (Fsp3) is 0.0588. The molecule has 120 valence electrons. The van der Waals surface area contributed by atoms with Crippen molar-refractivity contribution in [1.82, 2.24) is 9.78 Å². The molecule has 0 unspecified atom stereocenters. The number of hydrogen-bond donors (Lipinski definition) is 1. The van der Waals surface area contributed by atoms with E-state index < -0.39 is 0 Å². The topological polar surface area (TPSA) is 42.5 Å². The van der Waals surface area contributed by atoms with Gasteiger partial charge in [-0.1, -0.05) is 58.5 Å². The van der Waals surface area contributed by atoms with Gasteiger partial charge in [0.15, 0.2) is 4.32 Å². The molecule has 0 saturated carbocycles. The largest absolute Gasteiger partial charge is 0.218 e. The Hall–Kier alpha value is -1.83. The minimum Gasteiger partial charge on any atom is -0.218 e. The Morgan fingerprint density at radius 1 is 1.08 bits per heavy atom. The molecule has 0 spiro atoms. The van der Waals surface area contributed by atoms with E-state index in [-0.39, 0.29) is 0 Å². The third-order valence-corrected chi connectivity index (χ3v) is 4.30. The Kier molecular flexibility index (Phi) is 5.23. The normalized spacial score (nSPS) is 11.1. The smallest absolute Gasteiger partial charge is 0.158 e. The van der Waals surface area contributed by atoms with Gasteiger partial charge in [-0.3, -0.25) is 0 Å². The molecule has 0 amide bonds. The van der Waals surface area contributed by atoms with Crippen LogP contribution < -0.4 is 0 Å². The van der Waals surface area contributed by atoms with E-state index in [9.17, 15) is 0 Å². The fourth-order valence-electron chi connectivity index (χ4n) is 2.21. The average Bonchev–Trinajstić information content (AvgIpc) is 2.92. The van der Waals surface area contributed by atoms with Crippen molar-refractivity contribution in [2.75, 3.05) is 0 Å². The van der Waals surface area contributed by atoms with E-state index in [1.807, 2.05) is 61.5 Å². The van der Waals surface area contributed by atoms with E-state index in [2.05, 4.69) is 43.9 Å². The molecule has 2 aromatic carbocycles.